The van der Waals surface area contributed by atoms with E-state index in [1.165, 1.54) is 11.3 Å². The molecule has 0 spiro atoms. The van der Waals surface area contributed by atoms with Gasteiger partial charge in [-0.3, -0.25) is 4.98 Å². The van der Waals surface area contributed by atoms with Gasteiger partial charge in [-0.1, -0.05) is 0 Å². The van der Waals surface area contributed by atoms with E-state index in [1.807, 2.05) is 25.3 Å². The molecule has 0 aromatic carbocycles. The smallest absolute Gasteiger partial charge is 0.133 e. The van der Waals surface area contributed by atoms with E-state index in [4.69, 9.17) is 0 Å². The maximum Gasteiger partial charge on any atom is 0.133 e. The summed E-state index contributed by atoms with van der Waals surface area (Å²) in [5.41, 5.74) is 3.53. The fourth-order valence-corrected chi connectivity index (χ4v) is 2.81. The summed E-state index contributed by atoms with van der Waals surface area (Å²) in [6, 6.07) is 3.97. The largest absolute Gasteiger partial charge is 0.384 e. The van der Waals surface area contributed by atoms with Crippen molar-refractivity contribution in [2.45, 2.75) is 26.2 Å². The Bertz CT molecular complexity index is 639. The van der Waals surface area contributed by atoms with Crippen LogP contribution in [0.5, 0.6) is 0 Å². The Morgan fingerprint density at radius 3 is 2.68 bits per heavy atom. The predicted molar refractivity (Wildman–Crippen MR) is 107 cm³/mol. The Balaban J connectivity index is 0.00000156. The Kier molecular flexibility index (Phi) is 9.49. The van der Waals surface area contributed by atoms with Gasteiger partial charge in [0.25, 0.3) is 0 Å². The number of nitrogens with one attached hydrogen (secondary N) is 3. The van der Waals surface area contributed by atoms with E-state index in [0.717, 1.165) is 62.8 Å². The zero-order chi connectivity index (χ0) is 15.9. The number of rotatable bonds is 6. The van der Waals surface area contributed by atoms with E-state index in [1.54, 1.807) is 6.20 Å². The minimum absolute atomic E-state index is 0. The van der Waals surface area contributed by atoms with Crippen LogP contribution in [-0.2, 0) is 12.8 Å². The number of aromatic nitrogens is 3. The third-order valence-electron chi connectivity index (χ3n) is 3.93. The van der Waals surface area contributed by atoms with E-state index in [0.29, 0.717) is 0 Å². The van der Waals surface area contributed by atoms with E-state index >= 15 is 0 Å². The van der Waals surface area contributed by atoms with E-state index in [2.05, 4.69) is 30.9 Å². The number of halogens is 2. The van der Waals surface area contributed by atoms with Gasteiger partial charge in [-0.15, -0.1) is 24.8 Å². The summed E-state index contributed by atoms with van der Waals surface area (Å²) >= 11 is 0. The molecule has 0 unspecified atom stereocenters. The van der Waals surface area contributed by atoms with Gasteiger partial charge in [-0.05, 0) is 38.4 Å². The van der Waals surface area contributed by atoms with E-state index in [9.17, 15) is 0 Å². The topological polar surface area (TPSA) is 74.8 Å². The van der Waals surface area contributed by atoms with Gasteiger partial charge in [0.2, 0.25) is 0 Å². The van der Waals surface area contributed by atoms with Crippen molar-refractivity contribution in [2.24, 2.45) is 0 Å². The third kappa shape index (κ3) is 6.30. The van der Waals surface area contributed by atoms with Crippen molar-refractivity contribution in [1.82, 2.24) is 20.3 Å². The normalized spacial score (nSPS) is 12.8. The summed E-state index contributed by atoms with van der Waals surface area (Å²) in [6.45, 7) is 5.76. The molecule has 2 aromatic rings. The molecule has 0 aliphatic carbocycles. The van der Waals surface area contributed by atoms with Crippen LogP contribution in [0.4, 0.5) is 11.5 Å². The molecule has 25 heavy (non-hydrogen) atoms. The first-order valence-electron chi connectivity index (χ1n) is 8.28. The quantitative estimate of drug-likeness (QED) is 0.664. The van der Waals surface area contributed by atoms with Crippen LogP contribution in [0.2, 0.25) is 0 Å². The molecule has 6 nitrogen and oxygen atoms in total. The zero-order valence-electron chi connectivity index (χ0n) is 14.4. The van der Waals surface area contributed by atoms with Gasteiger partial charge in [0.15, 0.2) is 0 Å². The Morgan fingerprint density at radius 1 is 1.08 bits per heavy atom. The standard InChI is InChI=1S/C17H24N6.2ClH/c1-13-22-16-6-11-18-10-5-15(16)17(23-13)21-9-3-8-20-14-4-2-7-19-12-14;;/h2,4,7,12,18,20H,3,5-6,8-11H2,1H3,(H,21,22,23);2*1H. The van der Waals surface area contributed by atoms with Gasteiger partial charge in [-0.25, -0.2) is 9.97 Å². The van der Waals surface area contributed by atoms with Gasteiger partial charge >= 0.3 is 0 Å². The Labute approximate surface area is 161 Å². The van der Waals surface area contributed by atoms with Crippen molar-refractivity contribution < 1.29 is 0 Å². The van der Waals surface area contributed by atoms with Gasteiger partial charge in [0.05, 0.1) is 11.4 Å². The maximum absolute atomic E-state index is 4.61. The molecule has 3 rings (SSSR count). The molecule has 1 aliphatic heterocycles. The highest BCUT2D eigenvalue weighted by Gasteiger charge is 2.15. The second-order valence-electron chi connectivity index (χ2n) is 5.74. The minimum atomic E-state index is 0. The molecule has 3 heterocycles. The molecule has 1 aliphatic rings. The molecule has 0 bridgehead atoms. The molecular formula is C17H26Cl2N6. The average Bonchev–Trinajstić information content (AvgIpc) is 2.80. The monoisotopic (exact) mass is 384 g/mol. The zero-order valence-corrected chi connectivity index (χ0v) is 16.1. The maximum atomic E-state index is 4.61. The van der Waals surface area contributed by atoms with Crippen LogP contribution in [0.25, 0.3) is 0 Å². The molecule has 0 fully saturated rings. The molecule has 2 aromatic heterocycles. The number of nitrogens with zero attached hydrogens (tertiary/aromatic N) is 3. The lowest BCUT2D eigenvalue weighted by molar-refractivity contribution is 0.708. The summed E-state index contributed by atoms with van der Waals surface area (Å²) in [5, 5.41) is 10.3. The van der Waals surface area contributed by atoms with E-state index < -0.39 is 0 Å². The molecule has 3 N–H and O–H groups in total. The average molecular weight is 385 g/mol. The predicted octanol–water partition coefficient (Wildman–Crippen LogP) is 2.63. The molecule has 0 saturated heterocycles. The van der Waals surface area contributed by atoms with Gasteiger partial charge in [0, 0.05) is 44.0 Å². The van der Waals surface area contributed by atoms with Gasteiger partial charge in [0.1, 0.15) is 11.6 Å². The minimum Gasteiger partial charge on any atom is -0.384 e. The Morgan fingerprint density at radius 2 is 1.88 bits per heavy atom. The molecule has 0 amide bonds. The van der Waals surface area contributed by atoms with Gasteiger partial charge in [-0.2, -0.15) is 0 Å². The van der Waals surface area contributed by atoms with Gasteiger partial charge < -0.3 is 16.0 Å². The molecule has 138 valence electrons. The number of aryl methyl sites for hydroxylation is 1. The Hall–Kier alpha value is -1.63. The van der Waals surface area contributed by atoms with E-state index in [-0.39, 0.29) is 24.8 Å². The lowest BCUT2D eigenvalue weighted by Gasteiger charge is -2.14. The van der Waals surface area contributed by atoms with Crippen LogP contribution in [-0.4, -0.2) is 41.1 Å². The van der Waals surface area contributed by atoms with Crippen molar-refractivity contribution in [2.75, 3.05) is 36.8 Å². The highest BCUT2D eigenvalue weighted by atomic mass is 35.5. The molecule has 0 radical (unpaired) electrons. The third-order valence-corrected chi connectivity index (χ3v) is 3.93. The second kappa shape index (κ2) is 11.1. The van der Waals surface area contributed by atoms with Crippen LogP contribution in [0, 0.1) is 6.92 Å². The first-order valence-corrected chi connectivity index (χ1v) is 8.28. The first-order chi connectivity index (χ1) is 11.3. The number of pyridine rings is 1. The first kappa shape index (κ1) is 21.4. The fraction of sp³-hybridized carbons (Fsp3) is 0.471. The number of hydrogen-bond acceptors (Lipinski definition) is 6. The molecule has 8 heteroatoms. The molecular weight excluding hydrogens is 359 g/mol. The van der Waals surface area contributed by atoms with Crippen LogP contribution in [0.3, 0.4) is 0 Å². The summed E-state index contributed by atoms with van der Waals surface area (Å²) < 4.78 is 0. The van der Waals surface area contributed by atoms with Crippen LogP contribution < -0.4 is 16.0 Å². The summed E-state index contributed by atoms with van der Waals surface area (Å²) in [7, 11) is 0. The van der Waals surface area contributed by atoms with Crippen molar-refractivity contribution in [3.8, 4) is 0 Å². The van der Waals surface area contributed by atoms with Crippen LogP contribution >= 0.6 is 24.8 Å². The lowest BCUT2D eigenvalue weighted by atomic mass is 10.1. The summed E-state index contributed by atoms with van der Waals surface area (Å²) in [5.74, 6) is 1.86. The number of anilines is 2. The highest BCUT2D eigenvalue weighted by Crippen LogP contribution is 2.19. The fourth-order valence-electron chi connectivity index (χ4n) is 2.81. The van der Waals surface area contributed by atoms with Crippen LogP contribution in [0.15, 0.2) is 24.5 Å². The summed E-state index contributed by atoms with van der Waals surface area (Å²) in [6.07, 6.45) is 6.62. The number of hydrogen-bond donors (Lipinski definition) is 3. The van der Waals surface area contributed by atoms with Crippen molar-refractivity contribution in [3.63, 3.8) is 0 Å². The SMILES string of the molecule is Cc1nc2c(c(NCCCNc3cccnc3)n1)CCNCC2.Cl.Cl. The van der Waals surface area contributed by atoms with Crippen LogP contribution in [0.1, 0.15) is 23.5 Å². The van der Waals surface area contributed by atoms with Crippen molar-refractivity contribution in [3.05, 3.63) is 41.6 Å². The number of fused-ring (bicyclic) bond motifs is 1. The lowest BCUT2D eigenvalue weighted by Crippen LogP contribution is -2.16. The summed E-state index contributed by atoms with van der Waals surface area (Å²) in [4.78, 5) is 13.3. The van der Waals surface area contributed by atoms with Crippen molar-refractivity contribution in [1.29, 1.82) is 0 Å². The van der Waals surface area contributed by atoms with Crippen molar-refractivity contribution >= 4 is 36.3 Å². The highest BCUT2D eigenvalue weighted by molar-refractivity contribution is 5.85. The molecule has 0 atom stereocenters. The molecule has 0 saturated carbocycles. The second-order valence-corrected chi connectivity index (χ2v) is 5.74.